The van der Waals surface area contributed by atoms with Crippen molar-refractivity contribution < 1.29 is 19.1 Å². The molecule has 0 saturated heterocycles. The summed E-state index contributed by atoms with van der Waals surface area (Å²) >= 11 is 0. The van der Waals surface area contributed by atoms with Crippen LogP contribution in [0, 0.1) is 0 Å². The van der Waals surface area contributed by atoms with E-state index < -0.39 is 5.97 Å². The van der Waals surface area contributed by atoms with Crippen LogP contribution >= 0.6 is 0 Å². The maximum Gasteiger partial charge on any atom is 0.343 e. The normalized spacial score (nSPS) is 12.5. The maximum absolute atomic E-state index is 12.6. The lowest BCUT2D eigenvalue weighted by Gasteiger charge is -2.13. The van der Waals surface area contributed by atoms with Gasteiger partial charge in [0.25, 0.3) is 0 Å². The highest BCUT2D eigenvalue weighted by Gasteiger charge is 2.20. The molecule has 142 valence electrons. The molecule has 1 aliphatic carbocycles. The van der Waals surface area contributed by atoms with E-state index in [4.69, 9.17) is 9.47 Å². The Balaban J connectivity index is 1.81. The van der Waals surface area contributed by atoms with E-state index >= 15 is 0 Å². The maximum atomic E-state index is 12.6. The summed E-state index contributed by atoms with van der Waals surface area (Å²) in [5, 5.41) is 0. The second-order valence-corrected chi connectivity index (χ2v) is 6.90. The molecular formula is C23H26O4. The number of ether oxygens (including phenoxy) is 2. The average Bonchev–Trinajstić information content (AvgIpc) is 3.10. The minimum Gasteiger partial charge on any atom is -0.466 e. The van der Waals surface area contributed by atoms with Gasteiger partial charge in [-0.05, 0) is 67.5 Å². The third kappa shape index (κ3) is 4.76. The highest BCUT2D eigenvalue weighted by atomic mass is 16.5. The molecule has 0 heterocycles. The van der Waals surface area contributed by atoms with Crippen molar-refractivity contribution in [3.63, 3.8) is 0 Å². The van der Waals surface area contributed by atoms with Gasteiger partial charge in [-0.2, -0.15) is 0 Å². The monoisotopic (exact) mass is 366 g/mol. The molecule has 3 rings (SSSR count). The summed E-state index contributed by atoms with van der Waals surface area (Å²) in [6, 6.07) is 11.4. The van der Waals surface area contributed by atoms with E-state index in [1.54, 1.807) is 19.1 Å². The molecule has 0 N–H and O–H groups in total. The van der Waals surface area contributed by atoms with Crippen LogP contribution in [0.3, 0.4) is 0 Å². The van der Waals surface area contributed by atoms with Crippen molar-refractivity contribution in [1.82, 2.24) is 0 Å². The Hall–Kier alpha value is -2.62. The van der Waals surface area contributed by atoms with Crippen LogP contribution in [0.4, 0.5) is 0 Å². The number of aryl methyl sites for hydroxylation is 3. The third-order valence-corrected chi connectivity index (χ3v) is 4.85. The number of hydrogen-bond acceptors (Lipinski definition) is 4. The second-order valence-electron chi connectivity index (χ2n) is 6.90. The lowest BCUT2D eigenvalue weighted by Crippen LogP contribution is -2.13. The SMILES string of the molecule is CCCc1ccc(C(=O)Oc2cc3c(cc2CC(=O)OCC)CCC3)cc1. The van der Waals surface area contributed by atoms with Gasteiger partial charge in [0.05, 0.1) is 18.6 Å². The summed E-state index contributed by atoms with van der Waals surface area (Å²) in [5.74, 6) is -0.246. The first-order valence-corrected chi connectivity index (χ1v) is 9.72. The summed E-state index contributed by atoms with van der Waals surface area (Å²) in [6.45, 7) is 4.24. The van der Waals surface area contributed by atoms with Gasteiger partial charge in [0.2, 0.25) is 0 Å². The van der Waals surface area contributed by atoms with Crippen molar-refractivity contribution in [3.8, 4) is 5.75 Å². The lowest BCUT2D eigenvalue weighted by atomic mass is 10.0. The summed E-state index contributed by atoms with van der Waals surface area (Å²) in [4.78, 5) is 24.6. The van der Waals surface area contributed by atoms with Crippen LogP contribution in [0.2, 0.25) is 0 Å². The zero-order chi connectivity index (χ0) is 19.2. The molecule has 0 saturated carbocycles. The van der Waals surface area contributed by atoms with E-state index in [9.17, 15) is 9.59 Å². The molecule has 0 bridgehead atoms. The number of rotatable bonds is 7. The Morgan fingerprint density at radius 3 is 2.37 bits per heavy atom. The van der Waals surface area contributed by atoms with Crippen molar-refractivity contribution in [2.75, 3.05) is 6.61 Å². The minimum atomic E-state index is -0.402. The van der Waals surface area contributed by atoms with E-state index in [-0.39, 0.29) is 12.4 Å². The van der Waals surface area contributed by atoms with Gasteiger partial charge in [0, 0.05) is 5.56 Å². The third-order valence-electron chi connectivity index (χ3n) is 4.85. The summed E-state index contributed by atoms with van der Waals surface area (Å²) in [6.07, 6.45) is 5.23. The zero-order valence-electron chi connectivity index (χ0n) is 16.0. The molecule has 0 fully saturated rings. The Morgan fingerprint density at radius 2 is 1.70 bits per heavy atom. The quantitative estimate of drug-likeness (QED) is 0.536. The molecule has 2 aromatic rings. The lowest BCUT2D eigenvalue weighted by molar-refractivity contribution is -0.142. The van der Waals surface area contributed by atoms with E-state index in [0.717, 1.165) is 32.1 Å². The van der Waals surface area contributed by atoms with Crippen molar-refractivity contribution in [1.29, 1.82) is 0 Å². The molecule has 0 unspecified atom stereocenters. The number of fused-ring (bicyclic) bond motifs is 1. The first-order valence-electron chi connectivity index (χ1n) is 9.72. The van der Waals surface area contributed by atoms with Gasteiger partial charge < -0.3 is 9.47 Å². The zero-order valence-corrected chi connectivity index (χ0v) is 16.0. The van der Waals surface area contributed by atoms with Crippen LogP contribution in [0.15, 0.2) is 36.4 Å². The van der Waals surface area contributed by atoms with Crippen LogP contribution in [0.25, 0.3) is 0 Å². The van der Waals surface area contributed by atoms with Crippen LogP contribution in [-0.4, -0.2) is 18.5 Å². The molecule has 0 aromatic heterocycles. The molecule has 0 atom stereocenters. The Kier molecular flexibility index (Phi) is 6.28. The number of hydrogen-bond donors (Lipinski definition) is 0. The smallest absolute Gasteiger partial charge is 0.343 e. The van der Waals surface area contributed by atoms with Crippen LogP contribution in [0.1, 0.15) is 59.3 Å². The number of benzene rings is 2. The van der Waals surface area contributed by atoms with Crippen LogP contribution in [0.5, 0.6) is 5.75 Å². The van der Waals surface area contributed by atoms with Gasteiger partial charge in [-0.1, -0.05) is 31.5 Å². The van der Waals surface area contributed by atoms with Gasteiger partial charge in [-0.15, -0.1) is 0 Å². The van der Waals surface area contributed by atoms with Crippen molar-refractivity contribution in [2.45, 2.75) is 52.4 Å². The van der Waals surface area contributed by atoms with Crippen molar-refractivity contribution >= 4 is 11.9 Å². The van der Waals surface area contributed by atoms with Gasteiger partial charge in [0.1, 0.15) is 5.75 Å². The summed E-state index contributed by atoms with van der Waals surface area (Å²) in [7, 11) is 0. The second kappa shape index (κ2) is 8.85. The molecular weight excluding hydrogens is 340 g/mol. The Morgan fingerprint density at radius 1 is 1.00 bits per heavy atom. The van der Waals surface area contributed by atoms with Gasteiger partial charge >= 0.3 is 11.9 Å². The molecule has 4 nitrogen and oxygen atoms in total. The van der Waals surface area contributed by atoms with Crippen molar-refractivity contribution in [2.24, 2.45) is 0 Å². The minimum absolute atomic E-state index is 0.110. The first kappa shape index (κ1) is 19.2. The average molecular weight is 366 g/mol. The number of carbonyl (C=O) groups excluding carboxylic acids is 2. The fraction of sp³-hybridized carbons (Fsp3) is 0.391. The Bertz CT molecular complexity index is 821. The molecule has 1 aliphatic rings. The molecule has 0 radical (unpaired) electrons. The van der Waals surface area contributed by atoms with Gasteiger partial charge in [-0.3, -0.25) is 4.79 Å². The molecule has 0 amide bonds. The molecule has 27 heavy (non-hydrogen) atoms. The van der Waals surface area contributed by atoms with E-state index in [1.807, 2.05) is 24.3 Å². The predicted octanol–water partition coefficient (Wildman–Crippen LogP) is 4.45. The summed E-state index contributed by atoms with van der Waals surface area (Å²) < 4.78 is 10.8. The van der Waals surface area contributed by atoms with Crippen molar-refractivity contribution in [3.05, 3.63) is 64.2 Å². The fourth-order valence-corrected chi connectivity index (χ4v) is 3.51. The van der Waals surface area contributed by atoms with Gasteiger partial charge in [-0.25, -0.2) is 4.79 Å². The number of carbonyl (C=O) groups is 2. The number of esters is 2. The standard InChI is InChI=1S/C23H26O4/c1-3-6-16-9-11-17(12-10-16)23(25)27-21-14-19-8-5-7-18(19)13-20(21)15-22(24)26-4-2/h9-14H,3-8,15H2,1-2H3. The molecule has 0 aliphatic heterocycles. The van der Waals surface area contributed by atoms with Crippen LogP contribution in [-0.2, 0) is 35.2 Å². The topological polar surface area (TPSA) is 52.6 Å². The van der Waals surface area contributed by atoms with Crippen LogP contribution < -0.4 is 4.74 Å². The van der Waals surface area contributed by atoms with E-state index in [1.165, 1.54) is 16.7 Å². The van der Waals surface area contributed by atoms with E-state index in [2.05, 4.69) is 6.92 Å². The molecule has 4 heteroatoms. The first-order chi connectivity index (χ1) is 13.1. The predicted molar refractivity (Wildman–Crippen MR) is 104 cm³/mol. The van der Waals surface area contributed by atoms with E-state index in [0.29, 0.717) is 23.5 Å². The molecule has 0 spiro atoms. The molecule has 2 aromatic carbocycles. The highest BCUT2D eigenvalue weighted by Crippen LogP contribution is 2.31. The largest absolute Gasteiger partial charge is 0.466 e. The summed E-state index contributed by atoms with van der Waals surface area (Å²) in [5.41, 5.74) is 4.86. The highest BCUT2D eigenvalue weighted by molar-refractivity contribution is 5.91. The fourth-order valence-electron chi connectivity index (χ4n) is 3.51. The Labute approximate surface area is 160 Å². The van der Waals surface area contributed by atoms with Gasteiger partial charge in [0.15, 0.2) is 0 Å².